The van der Waals surface area contributed by atoms with Gasteiger partial charge in [0.25, 0.3) is 0 Å². The van der Waals surface area contributed by atoms with E-state index < -0.39 is 35.0 Å². The van der Waals surface area contributed by atoms with E-state index in [-0.39, 0.29) is 33.7 Å². The summed E-state index contributed by atoms with van der Waals surface area (Å²) in [5.41, 5.74) is -3.30. The third-order valence-electron chi connectivity index (χ3n) is 4.63. The number of aromatic nitrogens is 5. The predicted molar refractivity (Wildman–Crippen MR) is 106 cm³/mol. The van der Waals surface area contributed by atoms with Crippen LogP contribution in [0.3, 0.4) is 0 Å². The van der Waals surface area contributed by atoms with E-state index in [2.05, 4.69) is 24.8 Å². The second-order valence-corrected chi connectivity index (χ2v) is 7.58. The van der Waals surface area contributed by atoms with E-state index in [1.807, 2.05) is 6.07 Å². The van der Waals surface area contributed by atoms with E-state index in [1.165, 1.54) is 23.3 Å². The molecule has 0 aliphatic rings. The van der Waals surface area contributed by atoms with Gasteiger partial charge in [-0.25, -0.2) is 9.97 Å². The molecule has 0 aliphatic carbocycles. The third-order valence-corrected chi connectivity index (χ3v) is 5.43. The van der Waals surface area contributed by atoms with Crippen molar-refractivity contribution in [2.24, 2.45) is 0 Å². The van der Waals surface area contributed by atoms with Gasteiger partial charge in [0.15, 0.2) is 11.6 Å². The first-order valence-electron chi connectivity index (χ1n) is 9.10. The lowest BCUT2D eigenvalue weighted by molar-refractivity contribution is -0.142. The van der Waals surface area contributed by atoms with Gasteiger partial charge in [0.05, 0.1) is 28.2 Å². The number of nitrogens with zero attached hydrogens (tertiary/aromatic N) is 6. The monoisotopic (exact) mass is 483 g/mol. The lowest BCUT2D eigenvalue weighted by Gasteiger charge is -2.16. The van der Waals surface area contributed by atoms with Gasteiger partial charge < -0.3 is 5.32 Å². The standard InChI is InChI=1S/C19H11F6N7S/c1-9(15-28-8-29-32(15)16-10(7-26)3-2-4-27-16)30-17-12-5-11(18(20,21)22)6-13(19(23,24)25)14(12)31-33-17/h2-6,8-9,30H,1H3/t9-/m0/s1. The molecule has 14 heteroatoms. The Bertz CT molecular complexity index is 1370. The summed E-state index contributed by atoms with van der Waals surface area (Å²) in [7, 11) is 0. The van der Waals surface area contributed by atoms with Crippen molar-refractivity contribution in [2.75, 3.05) is 5.32 Å². The minimum Gasteiger partial charge on any atom is -0.365 e. The van der Waals surface area contributed by atoms with Crippen LogP contribution in [0.2, 0.25) is 0 Å². The SMILES string of the molecule is C[C@H](Nc1snc2c(C(F)(F)F)cc(C(F)(F)F)cc12)c1ncnn1-c1ncccc1C#N. The Labute approximate surface area is 185 Å². The largest absolute Gasteiger partial charge is 0.418 e. The van der Waals surface area contributed by atoms with E-state index in [0.717, 1.165) is 0 Å². The average Bonchev–Trinajstić information content (AvgIpc) is 3.39. The van der Waals surface area contributed by atoms with E-state index in [9.17, 15) is 31.6 Å². The number of anilines is 1. The second-order valence-electron chi connectivity index (χ2n) is 6.81. The van der Waals surface area contributed by atoms with Gasteiger partial charge in [-0.1, -0.05) is 0 Å². The number of pyridine rings is 1. The van der Waals surface area contributed by atoms with Crippen LogP contribution < -0.4 is 5.32 Å². The van der Waals surface area contributed by atoms with E-state index in [4.69, 9.17) is 0 Å². The van der Waals surface area contributed by atoms with E-state index in [0.29, 0.717) is 17.6 Å². The van der Waals surface area contributed by atoms with Crippen molar-refractivity contribution in [3.63, 3.8) is 0 Å². The quantitative estimate of drug-likeness (QED) is 0.393. The molecule has 0 bridgehead atoms. The molecule has 1 aromatic carbocycles. The minimum absolute atomic E-state index is 0.00909. The molecule has 3 aromatic heterocycles. The normalized spacial score (nSPS) is 13.2. The van der Waals surface area contributed by atoms with Crippen LogP contribution in [0.4, 0.5) is 31.3 Å². The number of alkyl halides is 6. The fourth-order valence-corrected chi connectivity index (χ4v) is 4.02. The lowest BCUT2D eigenvalue weighted by atomic mass is 10.1. The highest BCUT2D eigenvalue weighted by Crippen LogP contribution is 2.43. The number of fused-ring (bicyclic) bond motifs is 1. The van der Waals surface area contributed by atoms with Crippen LogP contribution in [-0.4, -0.2) is 24.1 Å². The van der Waals surface area contributed by atoms with Gasteiger partial charge in [0, 0.05) is 11.6 Å². The Balaban J connectivity index is 1.77. The van der Waals surface area contributed by atoms with Crippen LogP contribution >= 0.6 is 11.5 Å². The molecule has 0 fully saturated rings. The van der Waals surface area contributed by atoms with Crippen molar-refractivity contribution in [2.45, 2.75) is 25.3 Å². The summed E-state index contributed by atoms with van der Waals surface area (Å²) >= 11 is 0.593. The molecular weight excluding hydrogens is 472 g/mol. The number of nitrogens with one attached hydrogen (secondary N) is 1. The van der Waals surface area contributed by atoms with Gasteiger partial charge in [-0.3, -0.25) is 0 Å². The highest BCUT2D eigenvalue weighted by molar-refractivity contribution is 7.11. The summed E-state index contributed by atoms with van der Waals surface area (Å²) in [6, 6.07) is 4.97. The molecule has 3 heterocycles. The third kappa shape index (κ3) is 4.19. The van der Waals surface area contributed by atoms with Gasteiger partial charge >= 0.3 is 12.4 Å². The van der Waals surface area contributed by atoms with Gasteiger partial charge in [0.2, 0.25) is 0 Å². The fraction of sp³-hybridized carbons (Fsp3) is 0.211. The minimum atomic E-state index is -5.02. The highest BCUT2D eigenvalue weighted by atomic mass is 32.1. The van der Waals surface area contributed by atoms with Crippen molar-refractivity contribution in [3.8, 4) is 11.9 Å². The van der Waals surface area contributed by atoms with Crippen molar-refractivity contribution < 1.29 is 26.3 Å². The Hall–Kier alpha value is -3.73. The fourth-order valence-electron chi connectivity index (χ4n) is 3.15. The Morgan fingerprint density at radius 2 is 1.88 bits per heavy atom. The van der Waals surface area contributed by atoms with Gasteiger partial charge in [-0.2, -0.15) is 45.8 Å². The first-order valence-corrected chi connectivity index (χ1v) is 9.87. The summed E-state index contributed by atoms with van der Waals surface area (Å²) in [6.07, 6.45) is -7.37. The van der Waals surface area contributed by atoms with Crippen LogP contribution in [0.25, 0.3) is 16.7 Å². The number of rotatable bonds is 4. The zero-order valence-corrected chi connectivity index (χ0v) is 17.2. The summed E-state index contributed by atoms with van der Waals surface area (Å²) in [5, 5.41) is 15.9. The molecule has 0 saturated carbocycles. The molecule has 1 atom stereocenters. The van der Waals surface area contributed by atoms with Crippen LogP contribution in [0, 0.1) is 11.3 Å². The molecule has 0 saturated heterocycles. The molecule has 0 spiro atoms. The van der Waals surface area contributed by atoms with Crippen LogP contribution in [0.1, 0.15) is 35.5 Å². The molecule has 1 N–H and O–H groups in total. The number of benzene rings is 1. The first kappa shape index (κ1) is 22.5. The van der Waals surface area contributed by atoms with Gasteiger partial charge in [-0.05, 0) is 42.7 Å². The molecular formula is C19H11F6N7S. The summed E-state index contributed by atoms with van der Waals surface area (Å²) in [4.78, 5) is 8.22. The molecule has 0 unspecified atom stereocenters. The van der Waals surface area contributed by atoms with Crippen LogP contribution in [-0.2, 0) is 12.4 Å². The Morgan fingerprint density at radius 1 is 1.12 bits per heavy atom. The molecule has 0 aliphatic heterocycles. The second kappa shape index (κ2) is 8.00. The van der Waals surface area contributed by atoms with E-state index >= 15 is 0 Å². The maximum Gasteiger partial charge on any atom is 0.418 e. The molecule has 4 aromatic rings. The summed E-state index contributed by atoms with van der Waals surface area (Å²) in [5.74, 6) is 0.406. The molecule has 170 valence electrons. The Morgan fingerprint density at radius 3 is 2.55 bits per heavy atom. The van der Waals surface area contributed by atoms with Crippen LogP contribution in [0.5, 0.6) is 0 Å². The number of halogens is 6. The predicted octanol–water partition coefficient (Wildman–Crippen LogP) is 5.35. The number of hydrogen-bond donors (Lipinski definition) is 1. The maximum absolute atomic E-state index is 13.4. The maximum atomic E-state index is 13.4. The first-order chi connectivity index (χ1) is 15.5. The average molecular weight is 483 g/mol. The van der Waals surface area contributed by atoms with Crippen molar-refractivity contribution in [1.82, 2.24) is 24.1 Å². The number of hydrogen-bond acceptors (Lipinski definition) is 7. The molecule has 33 heavy (non-hydrogen) atoms. The van der Waals surface area contributed by atoms with Crippen LogP contribution in [0.15, 0.2) is 36.8 Å². The van der Waals surface area contributed by atoms with Crippen molar-refractivity contribution in [1.29, 1.82) is 5.26 Å². The molecule has 0 radical (unpaired) electrons. The zero-order valence-electron chi connectivity index (χ0n) is 16.4. The molecule has 0 amide bonds. The lowest BCUT2D eigenvalue weighted by Crippen LogP contribution is -2.15. The van der Waals surface area contributed by atoms with Crippen molar-refractivity contribution in [3.05, 3.63) is 59.3 Å². The summed E-state index contributed by atoms with van der Waals surface area (Å²) < 4.78 is 85.0. The zero-order chi connectivity index (χ0) is 24.0. The molecule has 4 rings (SSSR count). The highest BCUT2D eigenvalue weighted by Gasteiger charge is 2.39. The van der Waals surface area contributed by atoms with E-state index in [1.54, 1.807) is 13.0 Å². The topological polar surface area (TPSA) is 92.3 Å². The number of nitriles is 1. The van der Waals surface area contributed by atoms with Gasteiger partial charge in [0.1, 0.15) is 17.4 Å². The smallest absolute Gasteiger partial charge is 0.365 e. The van der Waals surface area contributed by atoms with Crippen molar-refractivity contribution >= 4 is 27.4 Å². The molecule has 7 nitrogen and oxygen atoms in total. The Kier molecular flexibility index (Phi) is 5.44. The summed E-state index contributed by atoms with van der Waals surface area (Å²) in [6.45, 7) is 1.58. The van der Waals surface area contributed by atoms with Gasteiger partial charge in [-0.15, -0.1) is 0 Å².